The highest BCUT2D eigenvalue weighted by Crippen LogP contribution is 2.40. The zero-order chi connectivity index (χ0) is 16.7. The SMILES string of the molecule is CC(=O)c1c(F)cccc1N1CCC(c2noc(C3CC3)n2)CC1. The lowest BCUT2D eigenvalue weighted by molar-refractivity contribution is 0.101. The first kappa shape index (κ1) is 15.3. The van der Waals surface area contributed by atoms with E-state index in [1.165, 1.54) is 13.0 Å². The maximum atomic E-state index is 14.0. The molecule has 1 saturated heterocycles. The van der Waals surface area contributed by atoms with Crippen molar-refractivity contribution in [3.8, 4) is 0 Å². The number of piperidine rings is 1. The Morgan fingerprint density at radius 2 is 1.96 bits per heavy atom. The van der Waals surface area contributed by atoms with Crippen molar-refractivity contribution in [2.45, 2.75) is 44.4 Å². The van der Waals surface area contributed by atoms with Gasteiger partial charge in [-0.3, -0.25) is 4.79 Å². The second-order valence-corrected chi connectivity index (χ2v) is 6.72. The molecule has 0 unspecified atom stereocenters. The minimum atomic E-state index is -0.450. The molecule has 1 aromatic carbocycles. The fourth-order valence-electron chi connectivity index (χ4n) is 3.41. The zero-order valence-electron chi connectivity index (χ0n) is 13.7. The number of Topliss-reactive ketones (excluding diaryl/α,β-unsaturated/α-hetero) is 1. The van der Waals surface area contributed by atoms with Crippen LogP contribution in [0.3, 0.4) is 0 Å². The summed E-state index contributed by atoms with van der Waals surface area (Å²) in [5.74, 6) is 1.62. The third-order valence-electron chi connectivity index (χ3n) is 4.93. The molecule has 2 aliphatic rings. The monoisotopic (exact) mass is 329 g/mol. The van der Waals surface area contributed by atoms with Gasteiger partial charge in [-0.2, -0.15) is 4.98 Å². The minimum Gasteiger partial charge on any atom is -0.371 e. The predicted octanol–water partition coefficient (Wildman–Crippen LogP) is 3.67. The molecule has 0 atom stereocenters. The van der Waals surface area contributed by atoms with Crippen LogP contribution in [0.4, 0.5) is 10.1 Å². The average molecular weight is 329 g/mol. The third-order valence-corrected chi connectivity index (χ3v) is 4.93. The summed E-state index contributed by atoms with van der Waals surface area (Å²) in [6, 6.07) is 4.82. The molecule has 0 spiro atoms. The number of hydrogen-bond donors (Lipinski definition) is 0. The molecular formula is C18H20FN3O2. The lowest BCUT2D eigenvalue weighted by Crippen LogP contribution is -2.34. The molecule has 6 heteroatoms. The van der Waals surface area contributed by atoms with Crippen LogP contribution in [-0.4, -0.2) is 29.0 Å². The van der Waals surface area contributed by atoms with E-state index in [1.54, 1.807) is 6.07 Å². The van der Waals surface area contributed by atoms with Crippen molar-refractivity contribution >= 4 is 11.5 Å². The lowest BCUT2D eigenvalue weighted by Gasteiger charge is -2.33. The average Bonchev–Trinajstić information content (AvgIpc) is 3.32. The molecule has 4 rings (SSSR count). The van der Waals surface area contributed by atoms with Crippen molar-refractivity contribution in [1.82, 2.24) is 10.1 Å². The number of rotatable bonds is 4. The van der Waals surface area contributed by atoms with Crippen molar-refractivity contribution in [3.05, 3.63) is 41.3 Å². The van der Waals surface area contributed by atoms with E-state index in [9.17, 15) is 9.18 Å². The van der Waals surface area contributed by atoms with Gasteiger partial charge in [-0.25, -0.2) is 4.39 Å². The predicted molar refractivity (Wildman–Crippen MR) is 86.9 cm³/mol. The summed E-state index contributed by atoms with van der Waals surface area (Å²) in [4.78, 5) is 18.4. The van der Waals surface area contributed by atoms with Crippen molar-refractivity contribution in [1.29, 1.82) is 0 Å². The quantitative estimate of drug-likeness (QED) is 0.801. The number of ketones is 1. The van der Waals surface area contributed by atoms with E-state index in [-0.39, 0.29) is 17.3 Å². The second-order valence-electron chi connectivity index (χ2n) is 6.72. The van der Waals surface area contributed by atoms with Crippen molar-refractivity contribution < 1.29 is 13.7 Å². The van der Waals surface area contributed by atoms with Crippen LogP contribution >= 0.6 is 0 Å². The number of halogens is 1. The van der Waals surface area contributed by atoms with Crippen molar-refractivity contribution in [3.63, 3.8) is 0 Å². The Kier molecular flexibility index (Phi) is 3.82. The second kappa shape index (κ2) is 6.00. The normalized spacial score (nSPS) is 18.8. The number of carbonyl (C=O) groups excluding carboxylic acids is 1. The van der Waals surface area contributed by atoms with Crippen LogP contribution in [0.1, 0.15) is 66.5 Å². The topological polar surface area (TPSA) is 59.2 Å². The van der Waals surface area contributed by atoms with Gasteiger partial charge in [-0.15, -0.1) is 0 Å². The third kappa shape index (κ3) is 2.81. The highest BCUT2D eigenvalue weighted by atomic mass is 19.1. The Bertz CT molecular complexity index is 761. The summed E-state index contributed by atoms with van der Waals surface area (Å²) in [6.07, 6.45) is 4.04. The molecule has 2 fully saturated rings. The Hall–Kier alpha value is -2.24. The molecule has 0 N–H and O–H groups in total. The number of carbonyl (C=O) groups is 1. The summed E-state index contributed by atoms with van der Waals surface area (Å²) in [5, 5.41) is 4.14. The van der Waals surface area contributed by atoms with E-state index < -0.39 is 5.82 Å². The minimum absolute atomic E-state index is 0.187. The molecule has 1 aromatic heterocycles. The van der Waals surface area contributed by atoms with Gasteiger partial charge in [0.1, 0.15) is 5.82 Å². The first-order chi connectivity index (χ1) is 11.6. The maximum Gasteiger partial charge on any atom is 0.229 e. The number of aromatic nitrogens is 2. The standard InChI is InChI=1S/C18H20FN3O2/c1-11(23)16-14(19)3-2-4-15(16)22-9-7-12(8-10-22)17-20-18(24-21-17)13-5-6-13/h2-4,12-13H,5-10H2,1H3. The molecule has 126 valence electrons. The maximum absolute atomic E-state index is 14.0. The van der Waals surface area contributed by atoms with E-state index in [4.69, 9.17) is 4.52 Å². The molecule has 0 bridgehead atoms. The Labute approximate surface area is 139 Å². The number of benzene rings is 1. The number of anilines is 1. The summed E-state index contributed by atoms with van der Waals surface area (Å²) in [6.45, 7) is 2.91. The Morgan fingerprint density at radius 3 is 2.62 bits per heavy atom. The van der Waals surface area contributed by atoms with Crippen LogP contribution in [-0.2, 0) is 0 Å². The van der Waals surface area contributed by atoms with Gasteiger partial charge in [-0.05, 0) is 44.7 Å². The number of nitrogens with zero attached hydrogens (tertiary/aromatic N) is 3. The van der Waals surface area contributed by atoms with Crippen LogP contribution in [0.5, 0.6) is 0 Å². The summed E-state index contributed by atoms with van der Waals surface area (Å²) < 4.78 is 19.4. The first-order valence-corrected chi connectivity index (χ1v) is 8.51. The van der Waals surface area contributed by atoms with Gasteiger partial charge in [0.2, 0.25) is 5.89 Å². The van der Waals surface area contributed by atoms with Crippen molar-refractivity contribution in [2.75, 3.05) is 18.0 Å². The number of hydrogen-bond acceptors (Lipinski definition) is 5. The van der Waals surface area contributed by atoms with E-state index in [1.807, 2.05) is 6.07 Å². The smallest absolute Gasteiger partial charge is 0.229 e. The van der Waals surface area contributed by atoms with Crippen LogP contribution < -0.4 is 4.90 Å². The van der Waals surface area contributed by atoms with E-state index in [0.717, 1.165) is 50.5 Å². The molecule has 1 saturated carbocycles. The van der Waals surface area contributed by atoms with Gasteiger partial charge < -0.3 is 9.42 Å². The molecule has 2 aromatic rings. The molecule has 24 heavy (non-hydrogen) atoms. The van der Waals surface area contributed by atoms with Gasteiger partial charge in [0.05, 0.1) is 11.3 Å². The van der Waals surface area contributed by atoms with Gasteiger partial charge in [-0.1, -0.05) is 11.2 Å². The van der Waals surface area contributed by atoms with Gasteiger partial charge in [0.25, 0.3) is 0 Å². The van der Waals surface area contributed by atoms with Crippen LogP contribution in [0.2, 0.25) is 0 Å². The first-order valence-electron chi connectivity index (χ1n) is 8.51. The molecule has 0 radical (unpaired) electrons. The van der Waals surface area contributed by atoms with Gasteiger partial charge in [0.15, 0.2) is 11.6 Å². The van der Waals surface area contributed by atoms with E-state index in [0.29, 0.717) is 11.6 Å². The fourth-order valence-corrected chi connectivity index (χ4v) is 3.41. The van der Waals surface area contributed by atoms with E-state index >= 15 is 0 Å². The Balaban J connectivity index is 1.48. The van der Waals surface area contributed by atoms with Crippen LogP contribution in [0, 0.1) is 5.82 Å². The van der Waals surface area contributed by atoms with Gasteiger partial charge in [0, 0.05) is 24.9 Å². The summed E-state index contributed by atoms with van der Waals surface area (Å²) in [7, 11) is 0. The summed E-state index contributed by atoms with van der Waals surface area (Å²) in [5.41, 5.74) is 0.874. The lowest BCUT2D eigenvalue weighted by atomic mass is 9.95. The molecule has 2 heterocycles. The molecular weight excluding hydrogens is 309 g/mol. The van der Waals surface area contributed by atoms with Crippen LogP contribution in [0.25, 0.3) is 0 Å². The Morgan fingerprint density at radius 1 is 1.21 bits per heavy atom. The largest absolute Gasteiger partial charge is 0.371 e. The van der Waals surface area contributed by atoms with Crippen molar-refractivity contribution in [2.24, 2.45) is 0 Å². The highest BCUT2D eigenvalue weighted by Gasteiger charge is 2.32. The van der Waals surface area contributed by atoms with Crippen LogP contribution in [0.15, 0.2) is 22.7 Å². The highest BCUT2D eigenvalue weighted by molar-refractivity contribution is 6.00. The molecule has 1 aliphatic heterocycles. The molecule has 5 nitrogen and oxygen atoms in total. The van der Waals surface area contributed by atoms with E-state index in [2.05, 4.69) is 15.0 Å². The molecule has 0 amide bonds. The zero-order valence-corrected chi connectivity index (χ0v) is 13.7. The summed E-state index contributed by atoms with van der Waals surface area (Å²) >= 11 is 0. The fraction of sp³-hybridized carbons (Fsp3) is 0.500. The molecule has 1 aliphatic carbocycles. The van der Waals surface area contributed by atoms with Gasteiger partial charge >= 0.3 is 0 Å².